The summed E-state index contributed by atoms with van der Waals surface area (Å²) >= 11 is 0. The molecule has 2 aliphatic rings. The maximum absolute atomic E-state index is 12.8. The molecule has 8 nitrogen and oxygen atoms in total. The average Bonchev–Trinajstić information content (AvgIpc) is 2.73. The Morgan fingerprint density at radius 2 is 1.56 bits per heavy atom. The van der Waals surface area contributed by atoms with Gasteiger partial charge in [-0.3, -0.25) is 9.59 Å². The van der Waals surface area contributed by atoms with Crippen LogP contribution in [0.15, 0.2) is 24.3 Å². The van der Waals surface area contributed by atoms with Gasteiger partial charge < -0.3 is 15.0 Å². The second kappa shape index (κ2) is 10.3. The summed E-state index contributed by atoms with van der Waals surface area (Å²) < 4.78 is 32.5. The van der Waals surface area contributed by atoms with Crippen molar-refractivity contribution in [2.45, 2.75) is 76.9 Å². The molecule has 1 aromatic carbocycles. The van der Waals surface area contributed by atoms with Gasteiger partial charge in [0.25, 0.3) is 5.91 Å². The summed E-state index contributed by atoms with van der Waals surface area (Å²) in [5, 5.41) is 2.47. The van der Waals surface area contributed by atoms with Crippen molar-refractivity contribution in [2.75, 3.05) is 18.4 Å². The third-order valence-corrected chi connectivity index (χ3v) is 8.06. The van der Waals surface area contributed by atoms with Gasteiger partial charge in [-0.15, -0.1) is 0 Å². The molecule has 2 amide bonds. The van der Waals surface area contributed by atoms with Crippen molar-refractivity contribution in [1.29, 1.82) is 0 Å². The van der Waals surface area contributed by atoms with E-state index in [0.29, 0.717) is 50.0 Å². The number of hydrogen-bond donors (Lipinski definition) is 2. The van der Waals surface area contributed by atoms with Gasteiger partial charge in [-0.05, 0) is 77.6 Å². The standard InChI is InChI=1S/C23H35N3O5S/c1-15(2)32(29,30)25-21-11-5-18(6-12-21)22(27)24-20-9-7-19(8-10-20)23(28)26-13-16(3)31-17(4)14-26/h7-10,15-18,21,25H,5-6,11-14H2,1-4H3,(H,24,27)/t16-,17+,18?,21?. The zero-order valence-electron chi connectivity index (χ0n) is 19.3. The molecule has 1 saturated heterocycles. The molecule has 2 N–H and O–H groups in total. The van der Waals surface area contributed by atoms with Crippen LogP contribution in [-0.2, 0) is 19.6 Å². The Morgan fingerprint density at radius 3 is 2.09 bits per heavy atom. The molecule has 178 valence electrons. The third kappa shape index (κ3) is 6.30. The molecule has 1 aromatic rings. The number of hydrogen-bond acceptors (Lipinski definition) is 5. The molecule has 1 heterocycles. The van der Waals surface area contributed by atoms with E-state index in [-0.39, 0.29) is 36.0 Å². The van der Waals surface area contributed by atoms with E-state index >= 15 is 0 Å². The number of rotatable bonds is 6. The molecule has 0 unspecified atom stereocenters. The summed E-state index contributed by atoms with van der Waals surface area (Å²) in [6.45, 7) is 8.36. The number of nitrogens with one attached hydrogen (secondary N) is 2. The second-order valence-electron chi connectivity index (χ2n) is 9.29. The third-order valence-electron chi connectivity index (χ3n) is 6.16. The van der Waals surface area contributed by atoms with E-state index in [0.717, 1.165) is 0 Å². The van der Waals surface area contributed by atoms with Crippen LogP contribution in [0.5, 0.6) is 0 Å². The van der Waals surface area contributed by atoms with Crippen LogP contribution in [0.2, 0.25) is 0 Å². The summed E-state index contributed by atoms with van der Waals surface area (Å²) in [6, 6.07) is 6.87. The van der Waals surface area contributed by atoms with E-state index in [4.69, 9.17) is 4.74 Å². The smallest absolute Gasteiger partial charge is 0.254 e. The van der Waals surface area contributed by atoms with Crippen molar-refractivity contribution in [1.82, 2.24) is 9.62 Å². The SMILES string of the molecule is CC(C)S(=O)(=O)NC1CCC(C(=O)Nc2ccc(C(=O)N3C[C@@H](C)O[C@@H](C)C3)cc2)CC1. The molecule has 0 aromatic heterocycles. The molecule has 32 heavy (non-hydrogen) atoms. The number of amides is 2. The molecule has 1 saturated carbocycles. The van der Waals surface area contributed by atoms with Crippen LogP contribution in [0.3, 0.4) is 0 Å². The fourth-order valence-corrected chi connectivity index (χ4v) is 5.28. The molecule has 1 aliphatic carbocycles. The van der Waals surface area contributed by atoms with Crippen LogP contribution in [0.25, 0.3) is 0 Å². The van der Waals surface area contributed by atoms with Gasteiger partial charge in [-0.2, -0.15) is 0 Å². The van der Waals surface area contributed by atoms with Crippen LogP contribution in [0.1, 0.15) is 63.7 Å². The summed E-state index contributed by atoms with van der Waals surface area (Å²) in [5.74, 6) is -0.246. The Labute approximate surface area is 191 Å². The maximum atomic E-state index is 12.8. The van der Waals surface area contributed by atoms with Crippen LogP contribution < -0.4 is 10.0 Å². The normalized spacial score (nSPS) is 26.7. The van der Waals surface area contributed by atoms with Gasteiger partial charge >= 0.3 is 0 Å². The number of nitrogens with zero attached hydrogens (tertiary/aromatic N) is 1. The quantitative estimate of drug-likeness (QED) is 0.672. The van der Waals surface area contributed by atoms with Crippen LogP contribution in [0, 0.1) is 5.92 Å². The van der Waals surface area contributed by atoms with E-state index in [2.05, 4.69) is 10.0 Å². The first-order valence-electron chi connectivity index (χ1n) is 11.4. The van der Waals surface area contributed by atoms with Gasteiger partial charge in [0, 0.05) is 36.3 Å². The summed E-state index contributed by atoms with van der Waals surface area (Å²) in [6.07, 6.45) is 2.60. The van der Waals surface area contributed by atoms with Crippen LogP contribution >= 0.6 is 0 Å². The number of anilines is 1. The Morgan fingerprint density at radius 1 is 1.00 bits per heavy atom. The highest BCUT2D eigenvalue weighted by molar-refractivity contribution is 7.90. The number of benzene rings is 1. The van der Waals surface area contributed by atoms with Gasteiger partial charge in [0.05, 0.1) is 17.5 Å². The number of morpholine rings is 1. The number of ether oxygens (including phenoxy) is 1. The van der Waals surface area contributed by atoms with Crippen molar-refractivity contribution in [2.24, 2.45) is 5.92 Å². The Kier molecular flexibility index (Phi) is 7.95. The van der Waals surface area contributed by atoms with E-state index in [1.807, 2.05) is 13.8 Å². The first-order valence-corrected chi connectivity index (χ1v) is 13.0. The molecule has 0 radical (unpaired) electrons. The topological polar surface area (TPSA) is 105 Å². The molecule has 1 aliphatic heterocycles. The zero-order valence-corrected chi connectivity index (χ0v) is 20.2. The van der Waals surface area contributed by atoms with Crippen molar-refractivity contribution in [3.8, 4) is 0 Å². The largest absolute Gasteiger partial charge is 0.372 e. The Bertz CT molecular complexity index is 898. The molecule has 2 atom stereocenters. The van der Waals surface area contributed by atoms with E-state index in [9.17, 15) is 18.0 Å². The van der Waals surface area contributed by atoms with Crippen molar-refractivity contribution < 1.29 is 22.7 Å². The molecule has 0 spiro atoms. The Balaban J connectivity index is 1.50. The monoisotopic (exact) mass is 465 g/mol. The number of carbonyl (C=O) groups is 2. The Hall–Kier alpha value is -1.97. The van der Waals surface area contributed by atoms with Gasteiger partial charge in [0.15, 0.2) is 0 Å². The van der Waals surface area contributed by atoms with E-state index in [1.54, 1.807) is 43.0 Å². The predicted octanol–water partition coefficient (Wildman–Crippen LogP) is 2.76. The molecular formula is C23H35N3O5S. The minimum Gasteiger partial charge on any atom is -0.372 e. The molecule has 2 fully saturated rings. The fourth-order valence-electron chi connectivity index (χ4n) is 4.31. The first kappa shape index (κ1) is 24.7. The maximum Gasteiger partial charge on any atom is 0.254 e. The lowest BCUT2D eigenvalue weighted by Gasteiger charge is -2.35. The van der Waals surface area contributed by atoms with Crippen molar-refractivity contribution in [3.63, 3.8) is 0 Å². The van der Waals surface area contributed by atoms with Gasteiger partial charge in [0.2, 0.25) is 15.9 Å². The highest BCUT2D eigenvalue weighted by Crippen LogP contribution is 2.26. The highest BCUT2D eigenvalue weighted by atomic mass is 32.2. The van der Waals surface area contributed by atoms with E-state index < -0.39 is 15.3 Å². The van der Waals surface area contributed by atoms with Gasteiger partial charge in [-0.1, -0.05) is 0 Å². The minimum absolute atomic E-state index is 0.0111. The van der Waals surface area contributed by atoms with Gasteiger partial charge in [0.1, 0.15) is 0 Å². The first-order chi connectivity index (χ1) is 15.0. The van der Waals surface area contributed by atoms with Crippen molar-refractivity contribution >= 4 is 27.5 Å². The van der Waals surface area contributed by atoms with Gasteiger partial charge in [-0.25, -0.2) is 13.1 Å². The summed E-state index contributed by atoms with van der Waals surface area (Å²) in [4.78, 5) is 27.2. The minimum atomic E-state index is -3.30. The average molecular weight is 466 g/mol. The van der Waals surface area contributed by atoms with Crippen LogP contribution in [0.4, 0.5) is 5.69 Å². The summed E-state index contributed by atoms with van der Waals surface area (Å²) in [7, 11) is -3.30. The fraction of sp³-hybridized carbons (Fsp3) is 0.652. The zero-order chi connectivity index (χ0) is 23.5. The lowest BCUT2D eigenvalue weighted by Crippen LogP contribution is -2.48. The lowest BCUT2D eigenvalue weighted by atomic mass is 9.86. The highest BCUT2D eigenvalue weighted by Gasteiger charge is 2.30. The van der Waals surface area contributed by atoms with Crippen molar-refractivity contribution in [3.05, 3.63) is 29.8 Å². The van der Waals surface area contributed by atoms with E-state index in [1.165, 1.54) is 0 Å². The lowest BCUT2D eigenvalue weighted by molar-refractivity contribution is -0.120. The molecule has 3 rings (SSSR count). The predicted molar refractivity (Wildman–Crippen MR) is 124 cm³/mol. The summed E-state index contributed by atoms with van der Waals surface area (Å²) in [5.41, 5.74) is 1.24. The second-order valence-corrected chi connectivity index (χ2v) is 11.6. The molecular weight excluding hydrogens is 430 g/mol. The number of sulfonamides is 1. The number of carbonyl (C=O) groups excluding carboxylic acids is 2. The molecule has 0 bridgehead atoms. The van der Waals surface area contributed by atoms with Crippen LogP contribution in [-0.4, -0.2) is 61.7 Å². The molecule has 9 heteroatoms.